The number of carbonyl (C=O) groups is 1. The molecule has 0 atom stereocenters. The number of hydrogen-bond donors (Lipinski definition) is 3. The molecule has 3 rings (SSSR count). The van der Waals surface area contributed by atoms with Gasteiger partial charge in [0.25, 0.3) is 5.91 Å². The lowest BCUT2D eigenvalue weighted by molar-refractivity contribution is 0.0945. The summed E-state index contributed by atoms with van der Waals surface area (Å²) >= 11 is 5.13. The van der Waals surface area contributed by atoms with Crippen molar-refractivity contribution < 1.29 is 9.21 Å². The third-order valence-electron chi connectivity index (χ3n) is 3.38. The van der Waals surface area contributed by atoms with Gasteiger partial charge in [0, 0.05) is 11.1 Å². The molecule has 3 N–H and O–H groups in total. The zero-order valence-electron chi connectivity index (χ0n) is 13.0. The topological polar surface area (TPSA) is 79.2 Å². The van der Waals surface area contributed by atoms with E-state index in [0.29, 0.717) is 17.2 Å². The first kappa shape index (κ1) is 15.9. The van der Waals surface area contributed by atoms with Crippen molar-refractivity contribution in [2.24, 2.45) is 0 Å². The highest BCUT2D eigenvalue weighted by Crippen LogP contribution is 2.17. The number of nitrogens with one attached hydrogen (secondary N) is 3. The number of furan rings is 1. The van der Waals surface area contributed by atoms with Crippen molar-refractivity contribution in [3.8, 4) is 0 Å². The predicted octanol–water partition coefficient (Wildman–Crippen LogP) is 2.45. The number of aryl methyl sites for hydroxylation is 1. The van der Waals surface area contributed by atoms with Crippen molar-refractivity contribution in [1.82, 2.24) is 21.2 Å². The summed E-state index contributed by atoms with van der Waals surface area (Å²) in [6, 6.07) is 12.9. The number of carbonyl (C=O) groups excluding carboxylic acids is 1. The van der Waals surface area contributed by atoms with Gasteiger partial charge in [-0.25, -0.2) is 0 Å². The number of thiocarbonyl (C=S) groups is 1. The van der Waals surface area contributed by atoms with Gasteiger partial charge in [0.1, 0.15) is 5.76 Å². The molecule has 0 fully saturated rings. The summed E-state index contributed by atoms with van der Waals surface area (Å²) in [5.41, 5.74) is 7.38. The molecule has 6 nitrogen and oxygen atoms in total. The van der Waals surface area contributed by atoms with Crippen LogP contribution in [0.4, 0.5) is 0 Å². The highest BCUT2D eigenvalue weighted by Gasteiger charge is 2.12. The Morgan fingerprint density at radius 1 is 1.21 bits per heavy atom. The van der Waals surface area contributed by atoms with Gasteiger partial charge in [-0.2, -0.15) is 0 Å². The molecule has 0 bridgehead atoms. The molecule has 0 saturated heterocycles. The molecule has 0 radical (unpaired) electrons. The Balaban J connectivity index is 1.64. The van der Waals surface area contributed by atoms with E-state index in [2.05, 4.69) is 21.2 Å². The Hall–Kier alpha value is -2.93. The number of pyridine rings is 1. The van der Waals surface area contributed by atoms with E-state index in [4.69, 9.17) is 16.6 Å². The molecular weight excluding hydrogens is 324 g/mol. The summed E-state index contributed by atoms with van der Waals surface area (Å²) in [5, 5.41) is 4.03. The molecule has 2 heterocycles. The Morgan fingerprint density at radius 2 is 2.04 bits per heavy atom. The number of benzene rings is 1. The number of para-hydroxylation sites is 1. The van der Waals surface area contributed by atoms with E-state index >= 15 is 0 Å². The van der Waals surface area contributed by atoms with Gasteiger partial charge in [0.05, 0.1) is 23.9 Å². The second-order valence-corrected chi connectivity index (χ2v) is 5.58. The van der Waals surface area contributed by atoms with Gasteiger partial charge in [-0.05, 0) is 43.4 Å². The van der Waals surface area contributed by atoms with Crippen LogP contribution in [0.1, 0.15) is 21.8 Å². The summed E-state index contributed by atoms with van der Waals surface area (Å²) in [5.74, 6) is 0.472. The minimum Gasteiger partial charge on any atom is -0.467 e. The maximum absolute atomic E-state index is 12.4. The van der Waals surface area contributed by atoms with Crippen LogP contribution >= 0.6 is 12.2 Å². The lowest BCUT2D eigenvalue weighted by Crippen LogP contribution is -2.46. The zero-order chi connectivity index (χ0) is 16.9. The molecule has 0 aliphatic heterocycles. The van der Waals surface area contributed by atoms with Crippen molar-refractivity contribution in [1.29, 1.82) is 0 Å². The maximum atomic E-state index is 12.4. The van der Waals surface area contributed by atoms with E-state index in [1.165, 1.54) is 0 Å². The number of rotatable bonds is 3. The maximum Gasteiger partial charge on any atom is 0.270 e. The third kappa shape index (κ3) is 3.69. The molecule has 0 unspecified atom stereocenters. The van der Waals surface area contributed by atoms with E-state index in [1.807, 2.05) is 37.3 Å². The summed E-state index contributed by atoms with van der Waals surface area (Å²) in [6.07, 6.45) is 1.59. The summed E-state index contributed by atoms with van der Waals surface area (Å²) in [6.45, 7) is 2.29. The molecule has 0 aliphatic carbocycles. The number of hydrazine groups is 1. The highest BCUT2D eigenvalue weighted by atomic mass is 32.1. The Kier molecular flexibility index (Phi) is 4.72. The number of nitrogens with zero attached hydrogens (tertiary/aromatic N) is 1. The summed E-state index contributed by atoms with van der Waals surface area (Å²) < 4.78 is 5.20. The molecular formula is C17H16N4O2S. The van der Waals surface area contributed by atoms with Crippen LogP contribution in [0.25, 0.3) is 10.9 Å². The minimum absolute atomic E-state index is 0.279. The van der Waals surface area contributed by atoms with E-state index in [9.17, 15) is 4.79 Å². The predicted molar refractivity (Wildman–Crippen MR) is 95.2 cm³/mol. The Labute approximate surface area is 144 Å². The van der Waals surface area contributed by atoms with Crippen LogP contribution in [-0.2, 0) is 6.54 Å². The van der Waals surface area contributed by atoms with Crippen molar-refractivity contribution in [2.75, 3.05) is 0 Å². The standard InChI is InChI=1S/C17H16N4O2S/c1-11-9-14(13-6-2-3-7-15(13)19-11)16(22)20-21-17(24)18-10-12-5-4-8-23-12/h2-9H,10H2,1H3,(H,20,22)(H2,18,21,24). The number of aromatic nitrogens is 1. The lowest BCUT2D eigenvalue weighted by Gasteiger charge is -2.12. The average molecular weight is 340 g/mol. The molecule has 0 spiro atoms. The van der Waals surface area contributed by atoms with Gasteiger partial charge in [-0.3, -0.25) is 20.6 Å². The van der Waals surface area contributed by atoms with Crippen LogP contribution < -0.4 is 16.2 Å². The summed E-state index contributed by atoms with van der Waals surface area (Å²) in [7, 11) is 0. The van der Waals surface area contributed by atoms with Crippen molar-refractivity contribution >= 4 is 34.1 Å². The zero-order valence-corrected chi connectivity index (χ0v) is 13.8. The molecule has 2 aromatic heterocycles. The van der Waals surface area contributed by atoms with Gasteiger partial charge in [0.2, 0.25) is 0 Å². The minimum atomic E-state index is -0.279. The van der Waals surface area contributed by atoms with Crippen LogP contribution in [0.5, 0.6) is 0 Å². The normalized spacial score (nSPS) is 10.4. The number of fused-ring (bicyclic) bond motifs is 1. The monoisotopic (exact) mass is 340 g/mol. The van der Waals surface area contributed by atoms with Gasteiger partial charge in [0.15, 0.2) is 5.11 Å². The molecule has 7 heteroatoms. The van der Waals surface area contributed by atoms with Crippen molar-refractivity contribution in [3.05, 3.63) is 65.7 Å². The molecule has 3 aromatic rings. The molecule has 0 aliphatic rings. The van der Waals surface area contributed by atoms with Gasteiger partial charge in [-0.1, -0.05) is 18.2 Å². The van der Waals surface area contributed by atoms with Crippen molar-refractivity contribution in [2.45, 2.75) is 13.5 Å². The Morgan fingerprint density at radius 3 is 2.83 bits per heavy atom. The smallest absolute Gasteiger partial charge is 0.270 e. The van der Waals surface area contributed by atoms with Gasteiger partial charge in [-0.15, -0.1) is 0 Å². The molecule has 122 valence electrons. The quantitative estimate of drug-likeness (QED) is 0.502. The van der Waals surface area contributed by atoms with E-state index < -0.39 is 0 Å². The molecule has 1 aromatic carbocycles. The van der Waals surface area contributed by atoms with Crippen LogP contribution in [0.15, 0.2) is 53.1 Å². The average Bonchev–Trinajstić information content (AvgIpc) is 3.10. The van der Waals surface area contributed by atoms with E-state index in [-0.39, 0.29) is 5.91 Å². The van der Waals surface area contributed by atoms with Crippen LogP contribution in [-0.4, -0.2) is 16.0 Å². The second kappa shape index (κ2) is 7.10. The van der Waals surface area contributed by atoms with Crippen LogP contribution in [0, 0.1) is 6.92 Å². The number of amides is 1. The SMILES string of the molecule is Cc1cc(C(=O)NNC(=S)NCc2ccco2)c2ccccc2n1. The molecule has 0 saturated carbocycles. The first-order chi connectivity index (χ1) is 11.6. The first-order valence-electron chi connectivity index (χ1n) is 7.36. The molecule has 24 heavy (non-hydrogen) atoms. The van der Waals surface area contributed by atoms with E-state index in [0.717, 1.165) is 22.4 Å². The fraction of sp³-hybridized carbons (Fsp3) is 0.118. The summed E-state index contributed by atoms with van der Waals surface area (Å²) in [4.78, 5) is 16.9. The van der Waals surface area contributed by atoms with Crippen LogP contribution in [0.3, 0.4) is 0 Å². The van der Waals surface area contributed by atoms with Gasteiger partial charge < -0.3 is 9.73 Å². The fourth-order valence-electron chi connectivity index (χ4n) is 2.30. The lowest BCUT2D eigenvalue weighted by atomic mass is 10.1. The first-order valence-corrected chi connectivity index (χ1v) is 7.77. The van der Waals surface area contributed by atoms with Crippen LogP contribution in [0.2, 0.25) is 0 Å². The second-order valence-electron chi connectivity index (χ2n) is 5.17. The Bertz CT molecular complexity index is 877. The molecule has 1 amide bonds. The van der Waals surface area contributed by atoms with Gasteiger partial charge >= 0.3 is 0 Å². The number of hydrogen-bond acceptors (Lipinski definition) is 4. The largest absolute Gasteiger partial charge is 0.467 e. The highest BCUT2D eigenvalue weighted by molar-refractivity contribution is 7.80. The fourth-order valence-corrected chi connectivity index (χ4v) is 2.42. The van der Waals surface area contributed by atoms with Crippen molar-refractivity contribution in [3.63, 3.8) is 0 Å². The third-order valence-corrected chi connectivity index (χ3v) is 3.63. The van der Waals surface area contributed by atoms with E-state index in [1.54, 1.807) is 18.4 Å².